The lowest BCUT2D eigenvalue weighted by Crippen LogP contribution is -2.47. The number of hydrogen-bond acceptors (Lipinski definition) is 5. The lowest BCUT2D eigenvalue weighted by Gasteiger charge is -2.33. The minimum atomic E-state index is -0.146. The number of nitrogens with one attached hydrogen (secondary N) is 1. The predicted molar refractivity (Wildman–Crippen MR) is 108 cm³/mol. The smallest absolute Gasteiger partial charge is 0.251 e. The average Bonchev–Trinajstić information content (AvgIpc) is 2.73. The maximum Gasteiger partial charge on any atom is 0.251 e. The molecule has 0 aliphatic carbocycles. The van der Waals surface area contributed by atoms with E-state index in [4.69, 9.17) is 14.2 Å². The normalized spacial score (nSPS) is 17.1. The fraction of sp³-hybridized carbons (Fsp3) is 0.409. The van der Waals surface area contributed by atoms with Crippen LogP contribution in [0.5, 0.6) is 11.5 Å². The van der Waals surface area contributed by atoms with E-state index < -0.39 is 0 Å². The zero-order valence-corrected chi connectivity index (χ0v) is 16.5. The highest BCUT2D eigenvalue weighted by atomic mass is 16.5. The number of amides is 1. The van der Waals surface area contributed by atoms with Crippen LogP contribution in [-0.4, -0.2) is 56.9 Å². The summed E-state index contributed by atoms with van der Waals surface area (Å²) in [6.45, 7) is 6.13. The third kappa shape index (κ3) is 5.47. The van der Waals surface area contributed by atoms with Crippen LogP contribution in [0, 0.1) is 0 Å². The molecule has 1 N–H and O–H groups in total. The van der Waals surface area contributed by atoms with Crippen LogP contribution in [0.15, 0.2) is 48.5 Å². The fourth-order valence-corrected chi connectivity index (χ4v) is 3.28. The summed E-state index contributed by atoms with van der Waals surface area (Å²) in [6.07, 6.45) is -0.0222. The molecule has 1 aliphatic heterocycles. The molecular formula is C22H28N2O4. The Hall–Kier alpha value is -2.57. The molecule has 1 saturated heterocycles. The molecule has 0 saturated carbocycles. The van der Waals surface area contributed by atoms with Crippen LogP contribution in [0.1, 0.15) is 22.8 Å². The molecule has 0 bridgehead atoms. The summed E-state index contributed by atoms with van der Waals surface area (Å²) in [4.78, 5) is 14.9. The van der Waals surface area contributed by atoms with E-state index in [0.717, 1.165) is 19.6 Å². The number of morpholine rings is 1. The second-order valence-corrected chi connectivity index (χ2v) is 6.72. The van der Waals surface area contributed by atoms with E-state index in [9.17, 15) is 4.79 Å². The van der Waals surface area contributed by atoms with Gasteiger partial charge in [0.1, 0.15) is 0 Å². The highest BCUT2D eigenvalue weighted by Crippen LogP contribution is 2.28. The number of carbonyl (C=O) groups is 1. The number of ether oxygens (including phenoxy) is 3. The third-order valence-corrected chi connectivity index (χ3v) is 4.69. The molecular weight excluding hydrogens is 356 g/mol. The molecule has 3 rings (SSSR count). The highest BCUT2D eigenvalue weighted by molar-refractivity contribution is 5.94. The van der Waals surface area contributed by atoms with Crippen LogP contribution in [0.25, 0.3) is 0 Å². The Morgan fingerprint density at radius 2 is 2.04 bits per heavy atom. The van der Waals surface area contributed by atoms with Gasteiger partial charge in [-0.3, -0.25) is 9.69 Å². The van der Waals surface area contributed by atoms with E-state index in [-0.39, 0.29) is 12.0 Å². The van der Waals surface area contributed by atoms with Crippen molar-refractivity contribution in [3.8, 4) is 11.5 Å². The summed E-state index contributed by atoms with van der Waals surface area (Å²) in [6, 6.07) is 15.6. The first-order valence-corrected chi connectivity index (χ1v) is 9.66. The Labute approximate surface area is 166 Å². The monoisotopic (exact) mass is 384 g/mol. The first kappa shape index (κ1) is 20.2. The Kier molecular flexibility index (Phi) is 7.28. The van der Waals surface area contributed by atoms with E-state index in [1.807, 2.05) is 13.0 Å². The standard InChI is InChI=1S/C22H28N2O4/c1-3-27-21-13-18(9-10-20(21)26-2)22(25)23-14-19-16-24(11-12-28-19)15-17-7-5-4-6-8-17/h4-10,13,19H,3,11-12,14-16H2,1-2H3,(H,23,25). The molecule has 28 heavy (non-hydrogen) atoms. The summed E-state index contributed by atoms with van der Waals surface area (Å²) in [7, 11) is 1.58. The maximum absolute atomic E-state index is 12.5. The van der Waals surface area contributed by atoms with Gasteiger partial charge in [-0.1, -0.05) is 30.3 Å². The molecule has 2 aromatic rings. The van der Waals surface area contributed by atoms with Crippen LogP contribution in [-0.2, 0) is 11.3 Å². The van der Waals surface area contributed by atoms with E-state index in [2.05, 4.69) is 34.5 Å². The predicted octanol–water partition coefficient (Wildman–Crippen LogP) is 2.72. The molecule has 1 amide bonds. The largest absolute Gasteiger partial charge is 0.493 e. The first-order valence-electron chi connectivity index (χ1n) is 9.66. The molecule has 1 heterocycles. The van der Waals surface area contributed by atoms with Crippen molar-refractivity contribution >= 4 is 5.91 Å². The lowest BCUT2D eigenvalue weighted by molar-refractivity contribution is -0.0292. The summed E-state index contributed by atoms with van der Waals surface area (Å²) in [5, 5.41) is 2.97. The molecule has 6 heteroatoms. The number of rotatable bonds is 8. The fourth-order valence-electron chi connectivity index (χ4n) is 3.28. The van der Waals surface area contributed by atoms with Gasteiger partial charge in [-0.05, 0) is 30.7 Å². The summed E-state index contributed by atoms with van der Waals surface area (Å²) in [5.74, 6) is 1.04. The molecule has 150 valence electrons. The zero-order valence-electron chi connectivity index (χ0n) is 16.5. The van der Waals surface area contributed by atoms with Crippen molar-refractivity contribution in [2.24, 2.45) is 0 Å². The van der Waals surface area contributed by atoms with Gasteiger partial charge in [0, 0.05) is 31.7 Å². The van der Waals surface area contributed by atoms with Gasteiger partial charge in [-0.15, -0.1) is 0 Å². The van der Waals surface area contributed by atoms with Gasteiger partial charge in [0.15, 0.2) is 11.5 Å². The Morgan fingerprint density at radius 3 is 2.79 bits per heavy atom. The van der Waals surface area contributed by atoms with Crippen molar-refractivity contribution in [3.05, 3.63) is 59.7 Å². The molecule has 1 fully saturated rings. The molecule has 0 radical (unpaired) electrons. The van der Waals surface area contributed by atoms with Crippen LogP contribution in [0.3, 0.4) is 0 Å². The van der Waals surface area contributed by atoms with Crippen LogP contribution < -0.4 is 14.8 Å². The summed E-state index contributed by atoms with van der Waals surface area (Å²) >= 11 is 0. The van der Waals surface area contributed by atoms with Gasteiger partial charge in [0.2, 0.25) is 0 Å². The van der Waals surface area contributed by atoms with E-state index >= 15 is 0 Å². The van der Waals surface area contributed by atoms with Crippen molar-refractivity contribution in [1.82, 2.24) is 10.2 Å². The summed E-state index contributed by atoms with van der Waals surface area (Å²) in [5.41, 5.74) is 1.83. The number of methoxy groups -OCH3 is 1. The second kappa shape index (κ2) is 10.1. The zero-order chi connectivity index (χ0) is 19.8. The first-order chi connectivity index (χ1) is 13.7. The van der Waals surface area contributed by atoms with Gasteiger partial charge < -0.3 is 19.5 Å². The van der Waals surface area contributed by atoms with Crippen molar-refractivity contribution in [3.63, 3.8) is 0 Å². The average molecular weight is 384 g/mol. The van der Waals surface area contributed by atoms with Gasteiger partial charge in [-0.25, -0.2) is 0 Å². The topological polar surface area (TPSA) is 60.0 Å². The molecule has 2 aromatic carbocycles. The molecule has 1 atom stereocenters. The van der Waals surface area contributed by atoms with Crippen LogP contribution >= 0.6 is 0 Å². The molecule has 0 spiro atoms. The van der Waals surface area contributed by atoms with Gasteiger partial charge in [-0.2, -0.15) is 0 Å². The maximum atomic E-state index is 12.5. The Morgan fingerprint density at radius 1 is 1.21 bits per heavy atom. The van der Waals surface area contributed by atoms with E-state index in [0.29, 0.717) is 36.8 Å². The van der Waals surface area contributed by atoms with Crippen LogP contribution in [0.2, 0.25) is 0 Å². The van der Waals surface area contributed by atoms with Gasteiger partial charge in [0.25, 0.3) is 5.91 Å². The molecule has 0 aromatic heterocycles. The van der Waals surface area contributed by atoms with Crippen molar-refractivity contribution in [1.29, 1.82) is 0 Å². The van der Waals surface area contributed by atoms with Crippen molar-refractivity contribution in [2.45, 2.75) is 19.6 Å². The number of nitrogens with zero attached hydrogens (tertiary/aromatic N) is 1. The number of hydrogen-bond donors (Lipinski definition) is 1. The number of benzene rings is 2. The minimum Gasteiger partial charge on any atom is -0.493 e. The molecule has 6 nitrogen and oxygen atoms in total. The summed E-state index contributed by atoms with van der Waals surface area (Å²) < 4.78 is 16.6. The van der Waals surface area contributed by atoms with Crippen molar-refractivity contribution in [2.75, 3.05) is 40.0 Å². The highest BCUT2D eigenvalue weighted by Gasteiger charge is 2.21. The Balaban J connectivity index is 1.53. The third-order valence-electron chi connectivity index (χ3n) is 4.69. The quantitative estimate of drug-likeness (QED) is 0.758. The van der Waals surface area contributed by atoms with Crippen LogP contribution in [0.4, 0.5) is 0 Å². The number of carbonyl (C=O) groups excluding carboxylic acids is 1. The second-order valence-electron chi connectivity index (χ2n) is 6.72. The van der Waals surface area contributed by atoms with Crippen molar-refractivity contribution < 1.29 is 19.0 Å². The lowest BCUT2D eigenvalue weighted by atomic mass is 10.1. The van der Waals surface area contributed by atoms with E-state index in [1.54, 1.807) is 25.3 Å². The Bertz CT molecular complexity index is 766. The van der Waals surface area contributed by atoms with Gasteiger partial charge >= 0.3 is 0 Å². The molecule has 1 aliphatic rings. The SMILES string of the molecule is CCOc1cc(C(=O)NCC2CN(Cc3ccccc3)CCO2)ccc1OC. The molecule has 1 unspecified atom stereocenters. The van der Waals surface area contributed by atoms with Gasteiger partial charge in [0.05, 0.1) is 26.4 Å². The minimum absolute atomic E-state index is 0.0222. The van der Waals surface area contributed by atoms with E-state index in [1.165, 1.54) is 5.56 Å².